The molecule has 0 saturated carbocycles. The third kappa shape index (κ3) is 3.61. The lowest BCUT2D eigenvalue weighted by molar-refractivity contribution is 0.0940. The van der Waals surface area contributed by atoms with Crippen LogP contribution in [0, 0.1) is 18.3 Å². The molecule has 2 aromatic carbocycles. The van der Waals surface area contributed by atoms with Crippen LogP contribution in [0.2, 0.25) is 0 Å². The molecule has 0 aliphatic heterocycles. The summed E-state index contributed by atoms with van der Waals surface area (Å²) in [6.07, 6.45) is 0. The van der Waals surface area contributed by atoms with Crippen LogP contribution in [-0.2, 0) is 0 Å². The zero-order valence-electron chi connectivity index (χ0n) is 12.1. The van der Waals surface area contributed by atoms with Crippen LogP contribution in [0.15, 0.2) is 42.5 Å². The average Bonchev–Trinajstić information content (AvgIpc) is 2.46. The summed E-state index contributed by atoms with van der Waals surface area (Å²) >= 11 is 0. The molecule has 2 aromatic rings. The molecule has 4 heteroatoms. The Morgan fingerprint density at radius 3 is 2.48 bits per heavy atom. The largest absolute Gasteiger partial charge is 0.399 e. The van der Waals surface area contributed by atoms with Gasteiger partial charge in [-0.05, 0) is 55.3 Å². The summed E-state index contributed by atoms with van der Waals surface area (Å²) in [5, 5.41) is 11.7. The van der Waals surface area contributed by atoms with Gasteiger partial charge in [-0.1, -0.05) is 12.1 Å². The zero-order chi connectivity index (χ0) is 15.4. The molecule has 0 radical (unpaired) electrons. The van der Waals surface area contributed by atoms with Crippen LogP contribution in [0.5, 0.6) is 0 Å². The van der Waals surface area contributed by atoms with Crippen molar-refractivity contribution in [1.82, 2.24) is 5.32 Å². The lowest BCUT2D eigenvalue weighted by atomic mass is 10.1. The molecule has 0 fully saturated rings. The van der Waals surface area contributed by atoms with Crippen LogP contribution < -0.4 is 11.1 Å². The van der Waals surface area contributed by atoms with Gasteiger partial charge in [0.05, 0.1) is 17.7 Å². The Labute approximate surface area is 124 Å². The summed E-state index contributed by atoms with van der Waals surface area (Å²) in [6.45, 7) is 3.80. The van der Waals surface area contributed by atoms with Crippen molar-refractivity contribution in [3.8, 4) is 6.07 Å². The van der Waals surface area contributed by atoms with E-state index in [1.165, 1.54) is 0 Å². The topological polar surface area (TPSA) is 78.9 Å². The molecule has 0 saturated heterocycles. The van der Waals surface area contributed by atoms with Crippen molar-refractivity contribution in [3.63, 3.8) is 0 Å². The highest BCUT2D eigenvalue weighted by atomic mass is 16.1. The second kappa shape index (κ2) is 6.10. The molecule has 0 aliphatic carbocycles. The third-order valence-corrected chi connectivity index (χ3v) is 3.25. The van der Waals surface area contributed by atoms with E-state index in [1.807, 2.05) is 32.0 Å². The number of nitrogens with zero attached hydrogens (tertiary/aromatic N) is 1. The molecule has 0 heterocycles. The van der Waals surface area contributed by atoms with E-state index >= 15 is 0 Å². The highest BCUT2D eigenvalue weighted by molar-refractivity contribution is 5.95. The molecule has 0 bridgehead atoms. The molecule has 21 heavy (non-hydrogen) atoms. The van der Waals surface area contributed by atoms with Crippen LogP contribution in [0.4, 0.5) is 5.69 Å². The number of nitrogen functional groups attached to an aromatic ring is 1. The minimum Gasteiger partial charge on any atom is -0.399 e. The van der Waals surface area contributed by atoms with Crippen LogP contribution in [0.1, 0.15) is 40.0 Å². The van der Waals surface area contributed by atoms with Gasteiger partial charge < -0.3 is 11.1 Å². The minimum atomic E-state index is -0.165. The van der Waals surface area contributed by atoms with Crippen molar-refractivity contribution in [2.75, 3.05) is 5.73 Å². The lowest BCUT2D eigenvalue weighted by Crippen LogP contribution is -2.26. The molecule has 106 valence electrons. The van der Waals surface area contributed by atoms with Gasteiger partial charge in [0.1, 0.15) is 0 Å². The molecular weight excluding hydrogens is 262 g/mol. The van der Waals surface area contributed by atoms with Crippen LogP contribution >= 0.6 is 0 Å². The fourth-order valence-corrected chi connectivity index (χ4v) is 2.15. The van der Waals surface area contributed by atoms with Crippen molar-refractivity contribution in [2.45, 2.75) is 19.9 Å². The summed E-state index contributed by atoms with van der Waals surface area (Å²) in [7, 11) is 0. The van der Waals surface area contributed by atoms with Gasteiger partial charge in [-0.25, -0.2) is 0 Å². The maximum absolute atomic E-state index is 12.2. The molecule has 0 aromatic heterocycles. The van der Waals surface area contributed by atoms with Crippen molar-refractivity contribution < 1.29 is 4.79 Å². The Morgan fingerprint density at radius 2 is 1.90 bits per heavy atom. The highest BCUT2D eigenvalue weighted by Crippen LogP contribution is 2.16. The summed E-state index contributed by atoms with van der Waals surface area (Å²) in [4.78, 5) is 12.2. The minimum absolute atomic E-state index is 0.146. The number of hydrogen-bond acceptors (Lipinski definition) is 3. The highest BCUT2D eigenvalue weighted by Gasteiger charge is 2.12. The number of carbonyl (C=O) groups is 1. The summed E-state index contributed by atoms with van der Waals surface area (Å²) < 4.78 is 0. The Bertz CT molecular complexity index is 679. The van der Waals surface area contributed by atoms with Gasteiger partial charge in [0.2, 0.25) is 0 Å². The fraction of sp³-hybridized carbons (Fsp3) is 0.176. The number of nitrogens with two attached hydrogens (primary N) is 1. The predicted molar refractivity (Wildman–Crippen MR) is 82.6 cm³/mol. The van der Waals surface area contributed by atoms with Crippen LogP contribution in [0.3, 0.4) is 0 Å². The van der Waals surface area contributed by atoms with Gasteiger partial charge in [-0.3, -0.25) is 4.79 Å². The van der Waals surface area contributed by atoms with Crippen molar-refractivity contribution in [2.24, 2.45) is 0 Å². The summed E-state index contributed by atoms with van der Waals surface area (Å²) in [5.41, 5.74) is 9.38. The van der Waals surface area contributed by atoms with Crippen molar-refractivity contribution in [1.29, 1.82) is 5.26 Å². The maximum atomic E-state index is 12.2. The van der Waals surface area contributed by atoms with Gasteiger partial charge in [0.25, 0.3) is 5.91 Å². The standard InChI is InChI=1S/C17H17N3O/c1-11-7-15(9-16(19)8-11)17(21)20-12(2)14-5-3-13(10-18)4-6-14/h3-9,12H,19H2,1-2H3,(H,20,21). The first-order valence-corrected chi connectivity index (χ1v) is 6.67. The monoisotopic (exact) mass is 279 g/mol. The number of benzene rings is 2. The molecule has 3 N–H and O–H groups in total. The van der Waals surface area contributed by atoms with E-state index in [1.54, 1.807) is 24.3 Å². The molecule has 1 unspecified atom stereocenters. The number of rotatable bonds is 3. The zero-order valence-corrected chi connectivity index (χ0v) is 12.1. The predicted octanol–water partition coefficient (Wildman–Crippen LogP) is 2.94. The first-order valence-electron chi connectivity index (χ1n) is 6.67. The van der Waals surface area contributed by atoms with Gasteiger partial charge >= 0.3 is 0 Å². The summed E-state index contributed by atoms with van der Waals surface area (Å²) in [5.74, 6) is -0.165. The fourth-order valence-electron chi connectivity index (χ4n) is 2.15. The Hall–Kier alpha value is -2.80. The Kier molecular flexibility index (Phi) is 4.24. The molecule has 0 spiro atoms. The molecular formula is C17H17N3O. The first-order chi connectivity index (χ1) is 9.99. The quantitative estimate of drug-likeness (QED) is 0.848. The second-order valence-electron chi connectivity index (χ2n) is 5.06. The van der Waals surface area contributed by atoms with E-state index in [0.717, 1.165) is 11.1 Å². The first kappa shape index (κ1) is 14.6. The van der Waals surface area contributed by atoms with Gasteiger partial charge in [-0.2, -0.15) is 5.26 Å². The number of nitrogens with one attached hydrogen (secondary N) is 1. The molecule has 2 rings (SSSR count). The van der Waals surface area contributed by atoms with Crippen molar-refractivity contribution >= 4 is 11.6 Å². The normalized spacial score (nSPS) is 11.5. The Balaban J connectivity index is 2.12. The molecule has 0 aliphatic rings. The van der Waals surface area contributed by atoms with E-state index in [4.69, 9.17) is 11.0 Å². The number of amides is 1. The van der Waals surface area contributed by atoms with E-state index in [0.29, 0.717) is 16.8 Å². The van der Waals surface area contributed by atoms with E-state index < -0.39 is 0 Å². The number of anilines is 1. The van der Waals surface area contributed by atoms with Gasteiger partial charge in [0, 0.05) is 11.3 Å². The molecule has 1 atom stereocenters. The summed E-state index contributed by atoms with van der Waals surface area (Å²) in [6, 6.07) is 14.4. The third-order valence-electron chi connectivity index (χ3n) is 3.25. The molecule has 1 amide bonds. The lowest BCUT2D eigenvalue weighted by Gasteiger charge is -2.15. The van der Waals surface area contributed by atoms with Crippen molar-refractivity contribution in [3.05, 3.63) is 64.7 Å². The number of carbonyl (C=O) groups excluding carboxylic acids is 1. The van der Waals surface area contributed by atoms with Crippen LogP contribution in [-0.4, -0.2) is 5.91 Å². The van der Waals surface area contributed by atoms with Gasteiger partial charge in [0.15, 0.2) is 0 Å². The van der Waals surface area contributed by atoms with E-state index in [2.05, 4.69) is 11.4 Å². The van der Waals surface area contributed by atoms with E-state index in [9.17, 15) is 4.79 Å². The van der Waals surface area contributed by atoms with Gasteiger partial charge in [-0.15, -0.1) is 0 Å². The second-order valence-corrected chi connectivity index (χ2v) is 5.06. The number of hydrogen-bond donors (Lipinski definition) is 2. The smallest absolute Gasteiger partial charge is 0.251 e. The van der Waals surface area contributed by atoms with E-state index in [-0.39, 0.29) is 11.9 Å². The number of aryl methyl sites for hydroxylation is 1. The molecule has 4 nitrogen and oxygen atoms in total. The Morgan fingerprint density at radius 1 is 1.24 bits per heavy atom. The average molecular weight is 279 g/mol. The number of nitriles is 1. The SMILES string of the molecule is Cc1cc(N)cc(C(=O)NC(C)c2ccc(C#N)cc2)c1. The van der Waals surface area contributed by atoms with Crippen LogP contribution in [0.25, 0.3) is 0 Å². The maximum Gasteiger partial charge on any atom is 0.251 e.